The van der Waals surface area contributed by atoms with E-state index >= 15 is 0 Å². The third kappa shape index (κ3) is 6.09. The summed E-state index contributed by atoms with van der Waals surface area (Å²) < 4.78 is 0. The number of nitrogens with one attached hydrogen (secondary N) is 1. The molecule has 3 aliphatic heterocycles. The van der Waals surface area contributed by atoms with E-state index < -0.39 is 0 Å². The minimum Gasteiger partial charge on any atom is -0.355 e. The van der Waals surface area contributed by atoms with Crippen LogP contribution in [-0.2, 0) is 22.7 Å². The summed E-state index contributed by atoms with van der Waals surface area (Å²) in [6, 6.07) is 39.9. The molecule has 0 amide bonds. The van der Waals surface area contributed by atoms with Crippen LogP contribution in [0.4, 0.5) is 28.4 Å². The molecule has 0 atom stereocenters. The first-order valence-electron chi connectivity index (χ1n) is 21.4. The van der Waals surface area contributed by atoms with Crippen LogP contribution in [0.25, 0.3) is 11.1 Å². The van der Waals surface area contributed by atoms with Crippen LogP contribution in [0.3, 0.4) is 0 Å². The molecule has 291 valence electrons. The summed E-state index contributed by atoms with van der Waals surface area (Å²) in [6.07, 6.45) is 7.08. The van der Waals surface area contributed by atoms with Crippen molar-refractivity contribution in [3.05, 3.63) is 137 Å². The fourth-order valence-electron chi connectivity index (χ4n) is 10.2. The predicted molar refractivity (Wildman–Crippen MR) is 251 cm³/mol. The summed E-state index contributed by atoms with van der Waals surface area (Å²) >= 11 is 3.83. The first-order chi connectivity index (χ1) is 27.8. The third-order valence-electron chi connectivity index (χ3n) is 13.7. The Morgan fingerprint density at radius 2 is 1.29 bits per heavy atom. The Morgan fingerprint density at radius 1 is 0.621 bits per heavy atom. The van der Waals surface area contributed by atoms with Crippen LogP contribution in [0, 0.1) is 6.92 Å². The van der Waals surface area contributed by atoms with Crippen molar-refractivity contribution < 1.29 is 0 Å². The van der Waals surface area contributed by atoms with Crippen molar-refractivity contribution in [2.45, 2.75) is 130 Å². The van der Waals surface area contributed by atoms with Crippen LogP contribution >= 0.6 is 23.5 Å². The van der Waals surface area contributed by atoms with E-state index in [4.69, 9.17) is 0 Å². The standard InChI is InChI=1S/C53H54BN2S2/c1-9-10-11-17-33-27-35(34-18-16-20-37-50(34)55-41-21-13-12-19-36(41)53(37,7)8)49-44(28-33)56(42-29-39-38(26-32(42)2)51(3,4)24-25-52(39,5)6)43-31-48-47(30-40(43)54-49)57-45-22-14-15-23-46(45)58-48/h12-16,18-23,26-31,55H,9-11,17,24-25H2,1-8H3. The molecule has 3 heterocycles. The Labute approximate surface area is 355 Å². The minimum atomic E-state index is -0.139. The number of hydrogen-bond donors (Lipinski definition) is 1. The Hall–Kier alpha value is -4.32. The normalized spacial score (nSPS) is 17.3. The lowest BCUT2D eigenvalue weighted by Gasteiger charge is -2.44. The highest BCUT2D eigenvalue weighted by atomic mass is 32.2. The van der Waals surface area contributed by atoms with Crippen molar-refractivity contribution in [2.24, 2.45) is 0 Å². The van der Waals surface area contributed by atoms with Crippen LogP contribution in [0.1, 0.15) is 114 Å². The van der Waals surface area contributed by atoms with Gasteiger partial charge in [0.1, 0.15) is 0 Å². The summed E-state index contributed by atoms with van der Waals surface area (Å²) in [4.78, 5) is 8.02. The van der Waals surface area contributed by atoms with E-state index in [1.807, 2.05) is 23.5 Å². The predicted octanol–water partition coefficient (Wildman–Crippen LogP) is 14.2. The van der Waals surface area contributed by atoms with Gasteiger partial charge in [0.15, 0.2) is 7.28 Å². The molecule has 1 aliphatic carbocycles. The molecule has 0 saturated heterocycles. The highest BCUT2D eigenvalue weighted by Gasteiger charge is 2.40. The first kappa shape index (κ1) is 37.9. The molecule has 0 fully saturated rings. The van der Waals surface area contributed by atoms with Gasteiger partial charge in [0.05, 0.1) is 5.69 Å². The second-order valence-electron chi connectivity index (χ2n) is 19.0. The van der Waals surface area contributed by atoms with Gasteiger partial charge in [0, 0.05) is 53.3 Å². The molecular weight excluding hydrogens is 740 g/mol. The van der Waals surface area contributed by atoms with Gasteiger partial charge in [-0.2, -0.15) is 0 Å². The molecule has 2 nitrogen and oxygen atoms in total. The van der Waals surface area contributed by atoms with E-state index in [0.717, 1.165) is 6.42 Å². The Bertz CT molecular complexity index is 2650. The van der Waals surface area contributed by atoms with Gasteiger partial charge in [0.25, 0.3) is 0 Å². The molecule has 10 rings (SSSR count). The van der Waals surface area contributed by atoms with Crippen LogP contribution < -0.4 is 21.1 Å². The maximum Gasteiger partial charge on any atom is 0.197 e. The lowest BCUT2D eigenvalue weighted by molar-refractivity contribution is 0.332. The zero-order valence-electron chi connectivity index (χ0n) is 35.4. The molecule has 6 aromatic rings. The molecule has 0 saturated carbocycles. The molecule has 0 bridgehead atoms. The monoisotopic (exact) mass is 793 g/mol. The van der Waals surface area contributed by atoms with E-state index in [0.29, 0.717) is 0 Å². The summed E-state index contributed by atoms with van der Waals surface area (Å²) in [5, 5.41) is 3.98. The SMILES string of the molecule is CCCCCc1cc(-c2cccc3c2Nc2ccccc2C3(C)C)c2c(c1)N(c1cc3c(cc1C)C(C)(C)CCC3(C)C)c1cc3c(cc1[B]2)Sc1ccccc1S3. The number of hydrogen-bond acceptors (Lipinski definition) is 4. The second kappa shape index (κ2) is 13.9. The number of rotatable bonds is 6. The number of nitrogens with zero attached hydrogens (tertiary/aromatic N) is 1. The lowest BCUT2D eigenvalue weighted by Crippen LogP contribution is -2.42. The van der Waals surface area contributed by atoms with Gasteiger partial charge in [-0.15, -0.1) is 0 Å². The number of benzene rings is 6. The van der Waals surface area contributed by atoms with Gasteiger partial charge in [-0.05, 0) is 124 Å². The van der Waals surface area contributed by atoms with Gasteiger partial charge < -0.3 is 10.2 Å². The van der Waals surface area contributed by atoms with Crippen LogP contribution in [0.5, 0.6) is 0 Å². The number of para-hydroxylation sites is 2. The van der Waals surface area contributed by atoms with Crippen molar-refractivity contribution in [3.63, 3.8) is 0 Å². The summed E-state index contributed by atoms with van der Waals surface area (Å²) in [6.45, 7) is 19.2. The first-order valence-corrected chi connectivity index (χ1v) is 23.1. The minimum absolute atomic E-state index is 0.0952. The zero-order chi connectivity index (χ0) is 40.1. The van der Waals surface area contributed by atoms with Crippen LogP contribution in [0.2, 0.25) is 0 Å². The fraction of sp³-hybridized carbons (Fsp3) is 0.321. The molecule has 0 aromatic heterocycles. The smallest absolute Gasteiger partial charge is 0.197 e. The average Bonchev–Trinajstić information content (AvgIpc) is 3.20. The van der Waals surface area contributed by atoms with Gasteiger partial charge >= 0.3 is 0 Å². The average molecular weight is 794 g/mol. The van der Waals surface area contributed by atoms with Gasteiger partial charge in [-0.3, -0.25) is 0 Å². The van der Waals surface area contributed by atoms with E-state index in [1.165, 1.54) is 136 Å². The Kier molecular flexibility index (Phi) is 9.08. The van der Waals surface area contributed by atoms with Crippen molar-refractivity contribution in [1.82, 2.24) is 0 Å². The van der Waals surface area contributed by atoms with Crippen molar-refractivity contribution in [1.29, 1.82) is 0 Å². The van der Waals surface area contributed by atoms with Crippen LogP contribution in [0.15, 0.2) is 123 Å². The molecule has 6 aromatic carbocycles. The Morgan fingerprint density at radius 3 is 2.03 bits per heavy atom. The Balaban J connectivity index is 1.24. The summed E-state index contributed by atoms with van der Waals surface area (Å²) in [5.74, 6) is 0. The highest BCUT2D eigenvalue weighted by Crippen LogP contribution is 2.54. The van der Waals surface area contributed by atoms with E-state index in [-0.39, 0.29) is 16.2 Å². The third-order valence-corrected chi connectivity index (χ3v) is 16.3. The second-order valence-corrected chi connectivity index (χ2v) is 21.2. The van der Waals surface area contributed by atoms with E-state index in [2.05, 4.69) is 176 Å². The summed E-state index contributed by atoms with van der Waals surface area (Å²) in [5.41, 5.74) is 20.0. The molecule has 0 unspecified atom stereocenters. The van der Waals surface area contributed by atoms with Gasteiger partial charge in [-0.25, -0.2) is 0 Å². The number of anilines is 5. The molecule has 5 heteroatoms. The number of fused-ring (bicyclic) bond motifs is 7. The molecule has 4 aliphatic rings. The zero-order valence-corrected chi connectivity index (χ0v) is 37.0. The molecule has 1 N–H and O–H groups in total. The molecule has 1 radical (unpaired) electrons. The highest BCUT2D eigenvalue weighted by molar-refractivity contribution is 8.05. The van der Waals surface area contributed by atoms with Crippen molar-refractivity contribution >= 4 is 70.2 Å². The molecule has 58 heavy (non-hydrogen) atoms. The largest absolute Gasteiger partial charge is 0.355 e. The van der Waals surface area contributed by atoms with Crippen molar-refractivity contribution in [3.8, 4) is 11.1 Å². The quantitative estimate of drug-likeness (QED) is 0.133. The fourth-order valence-corrected chi connectivity index (χ4v) is 12.5. The van der Waals surface area contributed by atoms with Crippen molar-refractivity contribution in [2.75, 3.05) is 10.2 Å². The topological polar surface area (TPSA) is 15.3 Å². The summed E-state index contributed by atoms with van der Waals surface area (Å²) in [7, 11) is 2.51. The maximum absolute atomic E-state index is 3.98. The molecule has 0 spiro atoms. The van der Waals surface area contributed by atoms with Gasteiger partial charge in [0.2, 0.25) is 0 Å². The van der Waals surface area contributed by atoms with E-state index in [1.54, 1.807) is 0 Å². The van der Waals surface area contributed by atoms with Crippen LogP contribution in [-0.4, -0.2) is 7.28 Å². The number of aryl methyl sites for hydroxylation is 2. The molecular formula is C53H54BN2S2. The van der Waals surface area contributed by atoms with E-state index in [9.17, 15) is 0 Å². The maximum atomic E-state index is 3.98. The lowest BCUT2D eigenvalue weighted by atomic mass is 9.57. The van der Waals surface area contributed by atoms with Gasteiger partial charge in [-0.1, -0.05) is 157 Å². The number of unbranched alkanes of at least 4 members (excludes halogenated alkanes) is 2.